The molecule has 4 heteroatoms. The van der Waals surface area contributed by atoms with Crippen molar-refractivity contribution in [2.75, 3.05) is 24.5 Å². The molecule has 0 spiro atoms. The van der Waals surface area contributed by atoms with Gasteiger partial charge in [-0.1, -0.05) is 25.4 Å². The van der Waals surface area contributed by atoms with Crippen LogP contribution in [0.5, 0.6) is 0 Å². The van der Waals surface area contributed by atoms with Gasteiger partial charge in [-0.3, -0.25) is 0 Å². The summed E-state index contributed by atoms with van der Waals surface area (Å²) >= 11 is 6.43. The Labute approximate surface area is 127 Å². The minimum Gasteiger partial charge on any atom is -0.355 e. The van der Waals surface area contributed by atoms with E-state index < -0.39 is 0 Å². The van der Waals surface area contributed by atoms with Crippen LogP contribution in [0.3, 0.4) is 0 Å². The highest BCUT2D eigenvalue weighted by atomic mass is 35.5. The SMILES string of the molecule is CCCNCc1cnc(N2CCCC(C)CC2)c(Cl)c1. The lowest BCUT2D eigenvalue weighted by Gasteiger charge is -2.23. The Morgan fingerprint density at radius 2 is 2.25 bits per heavy atom. The molecule has 0 amide bonds. The average molecular weight is 296 g/mol. The molecular weight excluding hydrogens is 270 g/mol. The number of pyridine rings is 1. The topological polar surface area (TPSA) is 28.2 Å². The third-order valence-corrected chi connectivity index (χ3v) is 4.23. The number of anilines is 1. The van der Waals surface area contributed by atoms with E-state index in [0.29, 0.717) is 0 Å². The second-order valence-corrected chi connectivity index (χ2v) is 6.26. The van der Waals surface area contributed by atoms with Crippen LogP contribution >= 0.6 is 11.6 Å². The van der Waals surface area contributed by atoms with Crippen molar-refractivity contribution in [3.63, 3.8) is 0 Å². The van der Waals surface area contributed by atoms with E-state index in [2.05, 4.69) is 35.1 Å². The molecule has 1 aliphatic rings. The zero-order chi connectivity index (χ0) is 14.4. The van der Waals surface area contributed by atoms with Gasteiger partial charge in [0.2, 0.25) is 0 Å². The van der Waals surface area contributed by atoms with Gasteiger partial charge in [0.05, 0.1) is 5.02 Å². The van der Waals surface area contributed by atoms with Crippen LogP contribution in [0.15, 0.2) is 12.3 Å². The van der Waals surface area contributed by atoms with Crippen molar-refractivity contribution in [3.05, 3.63) is 22.8 Å². The standard InChI is InChI=1S/C16H26ClN3/c1-3-7-18-11-14-10-15(17)16(19-12-14)20-8-4-5-13(2)6-9-20/h10,12-13,18H,3-9,11H2,1-2H3. The van der Waals surface area contributed by atoms with Crippen molar-refractivity contribution in [1.29, 1.82) is 0 Å². The Bertz CT molecular complexity index is 422. The van der Waals surface area contributed by atoms with Crippen molar-refractivity contribution in [3.8, 4) is 0 Å². The van der Waals surface area contributed by atoms with Gasteiger partial charge in [0.15, 0.2) is 0 Å². The molecule has 1 saturated heterocycles. The van der Waals surface area contributed by atoms with Crippen LogP contribution in [-0.2, 0) is 6.54 Å². The predicted octanol–water partition coefficient (Wildman–Crippen LogP) is 3.86. The van der Waals surface area contributed by atoms with E-state index in [1.165, 1.54) is 19.3 Å². The highest BCUT2D eigenvalue weighted by molar-refractivity contribution is 6.33. The van der Waals surface area contributed by atoms with E-state index in [0.717, 1.165) is 54.9 Å². The molecule has 1 aliphatic heterocycles. The highest BCUT2D eigenvalue weighted by Crippen LogP contribution is 2.27. The summed E-state index contributed by atoms with van der Waals surface area (Å²) in [5, 5.41) is 4.17. The number of rotatable bonds is 5. The van der Waals surface area contributed by atoms with Crippen molar-refractivity contribution >= 4 is 17.4 Å². The zero-order valence-electron chi connectivity index (χ0n) is 12.7. The summed E-state index contributed by atoms with van der Waals surface area (Å²) in [4.78, 5) is 6.94. The minimum atomic E-state index is 0.787. The van der Waals surface area contributed by atoms with Crippen LogP contribution in [-0.4, -0.2) is 24.6 Å². The number of nitrogens with one attached hydrogen (secondary N) is 1. The Morgan fingerprint density at radius 1 is 1.40 bits per heavy atom. The number of aromatic nitrogens is 1. The number of hydrogen-bond donors (Lipinski definition) is 1. The molecule has 1 N–H and O–H groups in total. The van der Waals surface area contributed by atoms with Gasteiger partial charge in [-0.25, -0.2) is 4.98 Å². The Morgan fingerprint density at radius 3 is 3.00 bits per heavy atom. The van der Waals surface area contributed by atoms with Crippen LogP contribution in [0.1, 0.15) is 45.1 Å². The van der Waals surface area contributed by atoms with Crippen LogP contribution in [0, 0.1) is 5.92 Å². The van der Waals surface area contributed by atoms with E-state index >= 15 is 0 Å². The molecule has 1 atom stereocenters. The largest absolute Gasteiger partial charge is 0.355 e. The summed E-state index contributed by atoms with van der Waals surface area (Å²) in [5.41, 5.74) is 1.16. The normalized spacial score (nSPS) is 19.9. The summed E-state index contributed by atoms with van der Waals surface area (Å²) in [7, 11) is 0. The molecule has 3 nitrogen and oxygen atoms in total. The molecule has 0 bridgehead atoms. The second-order valence-electron chi connectivity index (χ2n) is 5.85. The molecule has 20 heavy (non-hydrogen) atoms. The van der Waals surface area contributed by atoms with Gasteiger partial charge in [-0.2, -0.15) is 0 Å². The first-order valence-corrected chi connectivity index (χ1v) is 8.18. The fourth-order valence-corrected chi connectivity index (χ4v) is 2.99. The molecule has 1 unspecified atom stereocenters. The van der Waals surface area contributed by atoms with E-state index in [-0.39, 0.29) is 0 Å². The van der Waals surface area contributed by atoms with Gasteiger partial charge < -0.3 is 10.2 Å². The smallest absolute Gasteiger partial charge is 0.147 e. The summed E-state index contributed by atoms with van der Waals surface area (Å²) in [6.45, 7) is 8.52. The van der Waals surface area contributed by atoms with Crippen molar-refractivity contribution < 1.29 is 0 Å². The van der Waals surface area contributed by atoms with Crippen LogP contribution in [0.25, 0.3) is 0 Å². The summed E-state index contributed by atoms with van der Waals surface area (Å²) in [6.07, 6.45) is 6.88. The van der Waals surface area contributed by atoms with Crippen molar-refractivity contribution in [1.82, 2.24) is 10.3 Å². The second kappa shape index (κ2) is 7.84. The maximum absolute atomic E-state index is 6.43. The summed E-state index contributed by atoms with van der Waals surface area (Å²) in [5.74, 6) is 1.77. The first-order valence-electron chi connectivity index (χ1n) is 7.80. The average Bonchev–Trinajstić information content (AvgIpc) is 2.64. The van der Waals surface area contributed by atoms with Crippen LogP contribution < -0.4 is 10.2 Å². The highest BCUT2D eigenvalue weighted by Gasteiger charge is 2.17. The predicted molar refractivity (Wildman–Crippen MR) is 86.5 cm³/mol. The third kappa shape index (κ3) is 4.35. The fraction of sp³-hybridized carbons (Fsp3) is 0.688. The number of halogens is 1. The molecule has 1 aromatic rings. The number of nitrogens with zero attached hydrogens (tertiary/aromatic N) is 2. The van der Waals surface area contributed by atoms with Crippen LogP contribution in [0.4, 0.5) is 5.82 Å². The molecule has 0 saturated carbocycles. The molecule has 0 radical (unpaired) electrons. The van der Waals surface area contributed by atoms with E-state index in [9.17, 15) is 0 Å². The van der Waals surface area contributed by atoms with Gasteiger partial charge in [0.1, 0.15) is 5.82 Å². The monoisotopic (exact) mass is 295 g/mol. The molecule has 0 aliphatic carbocycles. The maximum atomic E-state index is 6.43. The molecular formula is C16H26ClN3. The lowest BCUT2D eigenvalue weighted by molar-refractivity contribution is 0.521. The summed E-state index contributed by atoms with van der Waals surface area (Å²) < 4.78 is 0. The van der Waals surface area contributed by atoms with E-state index in [4.69, 9.17) is 11.6 Å². The lowest BCUT2D eigenvalue weighted by Crippen LogP contribution is -2.25. The van der Waals surface area contributed by atoms with Gasteiger partial charge in [0, 0.05) is 25.8 Å². The fourth-order valence-electron chi connectivity index (χ4n) is 2.68. The van der Waals surface area contributed by atoms with Crippen molar-refractivity contribution in [2.45, 2.75) is 46.1 Å². The first-order chi connectivity index (χ1) is 9.70. The van der Waals surface area contributed by atoms with E-state index in [1.54, 1.807) is 0 Å². The Balaban J connectivity index is 2.01. The van der Waals surface area contributed by atoms with Gasteiger partial charge in [0.25, 0.3) is 0 Å². The summed E-state index contributed by atoms with van der Waals surface area (Å²) in [6, 6.07) is 2.06. The minimum absolute atomic E-state index is 0.787. The lowest BCUT2D eigenvalue weighted by atomic mass is 10.0. The molecule has 2 heterocycles. The third-order valence-electron chi connectivity index (χ3n) is 3.95. The van der Waals surface area contributed by atoms with Crippen LogP contribution in [0.2, 0.25) is 5.02 Å². The van der Waals surface area contributed by atoms with E-state index in [1.807, 2.05) is 6.20 Å². The van der Waals surface area contributed by atoms with Gasteiger partial charge in [-0.05, 0) is 49.8 Å². The molecule has 112 valence electrons. The van der Waals surface area contributed by atoms with Crippen molar-refractivity contribution in [2.24, 2.45) is 5.92 Å². The van der Waals surface area contributed by atoms with Gasteiger partial charge >= 0.3 is 0 Å². The Kier molecular flexibility index (Phi) is 6.11. The molecule has 0 aromatic carbocycles. The quantitative estimate of drug-likeness (QED) is 0.836. The molecule has 2 rings (SSSR count). The Hall–Kier alpha value is -0.800. The number of hydrogen-bond acceptors (Lipinski definition) is 3. The zero-order valence-corrected chi connectivity index (χ0v) is 13.4. The van der Waals surface area contributed by atoms with Gasteiger partial charge in [-0.15, -0.1) is 0 Å². The maximum Gasteiger partial charge on any atom is 0.147 e. The molecule has 1 aromatic heterocycles. The first kappa shape index (κ1) is 15.6. The molecule has 1 fully saturated rings.